The molecule has 0 atom stereocenters. The van der Waals surface area contributed by atoms with Gasteiger partial charge in [-0.3, -0.25) is 4.90 Å². The topological polar surface area (TPSA) is 23.5 Å². The maximum Gasteiger partial charge on any atom is 0.0558 e. The average Bonchev–Trinajstić information content (AvgIpc) is 3.06. The van der Waals surface area contributed by atoms with Gasteiger partial charge in [0.05, 0.1) is 6.61 Å². The maximum atomic E-state index is 9.04. The van der Waals surface area contributed by atoms with Crippen molar-refractivity contribution in [2.75, 3.05) is 19.7 Å². The summed E-state index contributed by atoms with van der Waals surface area (Å²) in [4.78, 5) is 2.29. The Kier molecular flexibility index (Phi) is 4.22. The molecule has 3 heteroatoms. The molecule has 1 aliphatic carbocycles. The summed E-state index contributed by atoms with van der Waals surface area (Å²) in [5, 5.41) is 9.86. The minimum atomic E-state index is 0.219. The predicted octanol–water partition coefficient (Wildman–Crippen LogP) is 2.54. The highest BCUT2D eigenvalue weighted by molar-refractivity contribution is 6.31. The number of hydrogen-bond acceptors (Lipinski definition) is 2. The molecule has 0 bridgehead atoms. The summed E-state index contributed by atoms with van der Waals surface area (Å²) in [7, 11) is 0. The zero-order valence-electron chi connectivity index (χ0n) is 9.40. The van der Waals surface area contributed by atoms with Crippen LogP contribution in [0.4, 0.5) is 0 Å². The lowest BCUT2D eigenvalue weighted by Gasteiger charge is -2.21. The quantitative estimate of drug-likeness (QED) is 0.825. The molecule has 1 aromatic rings. The second-order valence-electron chi connectivity index (χ2n) is 4.49. The van der Waals surface area contributed by atoms with Crippen LogP contribution in [0.1, 0.15) is 18.4 Å². The summed E-state index contributed by atoms with van der Waals surface area (Å²) >= 11 is 6.13. The van der Waals surface area contributed by atoms with Crippen molar-refractivity contribution >= 4 is 11.6 Å². The van der Waals surface area contributed by atoms with Crippen molar-refractivity contribution in [3.63, 3.8) is 0 Å². The SMILES string of the molecule is OCCN(Cc1ccccc1Cl)CC1CC1. The van der Waals surface area contributed by atoms with Gasteiger partial charge in [-0.25, -0.2) is 0 Å². The lowest BCUT2D eigenvalue weighted by molar-refractivity contribution is 0.185. The Morgan fingerprint density at radius 3 is 2.69 bits per heavy atom. The molecule has 0 saturated heterocycles. The van der Waals surface area contributed by atoms with Gasteiger partial charge in [-0.15, -0.1) is 0 Å². The first-order chi connectivity index (χ1) is 7.79. The normalized spacial score (nSPS) is 15.7. The lowest BCUT2D eigenvalue weighted by Crippen LogP contribution is -2.28. The van der Waals surface area contributed by atoms with E-state index in [1.165, 1.54) is 12.8 Å². The summed E-state index contributed by atoms with van der Waals surface area (Å²) in [6, 6.07) is 7.93. The molecule has 0 aromatic heterocycles. The molecule has 0 spiro atoms. The van der Waals surface area contributed by atoms with E-state index >= 15 is 0 Å². The predicted molar refractivity (Wildman–Crippen MR) is 66.5 cm³/mol. The number of benzene rings is 1. The Morgan fingerprint density at radius 1 is 1.31 bits per heavy atom. The monoisotopic (exact) mass is 239 g/mol. The van der Waals surface area contributed by atoms with E-state index < -0.39 is 0 Å². The van der Waals surface area contributed by atoms with Crippen LogP contribution in [0.3, 0.4) is 0 Å². The molecule has 0 heterocycles. The Labute approximate surface area is 102 Å². The van der Waals surface area contributed by atoms with Crippen LogP contribution >= 0.6 is 11.6 Å². The fourth-order valence-corrected chi connectivity index (χ4v) is 2.10. The van der Waals surface area contributed by atoms with E-state index in [2.05, 4.69) is 11.0 Å². The zero-order chi connectivity index (χ0) is 11.4. The fraction of sp³-hybridized carbons (Fsp3) is 0.538. The smallest absolute Gasteiger partial charge is 0.0558 e. The van der Waals surface area contributed by atoms with Crippen LogP contribution < -0.4 is 0 Å². The van der Waals surface area contributed by atoms with E-state index in [4.69, 9.17) is 16.7 Å². The number of hydrogen-bond donors (Lipinski definition) is 1. The van der Waals surface area contributed by atoms with Gasteiger partial charge in [-0.1, -0.05) is 29.8 Å². The van der Waals surface area contributed by atoms with Gasteiger partial charge < -0.3 is 5.11 Å². The van der Waals surface area contributed by atoms with Crippen LogP contribution in [0.5, 0.6) is 0 Å². The molecule has 2 nitrogen and oxygen atoms in total. The third-order valence-corrected chi connectivity index (χ3v) is 3.35. The molecule has 0 aliphatic heterocycles. The van der Waals surface area contributed by atoms with Crippen molar-refractivity contribution in [1.82, 2.24) is 4.90 Å². The fourth-order valence-electron chi connectivity index (χ4n) is 1.91. The van der Waals surface area contributed by atoms with E-state index in [-0.39, 0.29) is 6.61 Å². The van der Waals surface area contributed by atoms with Crippen molar-refractivity contribution in [2.24, 2.45) is 5.92 Å². The molecule has 1 fully saturated rings. The molecule has 16 heavy (non-hydrogen) atoms. The molecule has 2 rings (SSSR count). The van der Waals surface area contributed by atoms with Crippen molar-refractivity contribution in [3.8, 4) is 0 Å². The number of nitrogens with zero attached hydrogens (tertiary/aromatic N) is 1. The largest absolute Gasteiger partial charge is 0.395 e. The van der Waals surface area contributed by atoms with E-state index in [1.807, 2.05) is 18.2 Å². The first kappa shape index (κ1) is 11.9. The molecule has 1 aliphatic rings. The Bertz CT molecular complexity index is 338. The van der Waals surface area contributed by atoms with E-state index in [0.717, 1.165) is 36.1 Å². The van der Waals surface area contributed by atoms with Crippen molar-refractivity contribution in [3.05, 3.63) is 34.9 Å². The lowest BCUT2D eigenvalue weighted by atomic mass is 10.2. The number of aliphatic hydroxyl groups excluding tert-OH is 1. The number of halogens is 1. The Balaban J connectivity index is 1.95. The summed E-state index contributed by atoms with van der Waals surface area (Å²) in [5.74, 6) is 0.842. The van der Waals surface area contributed by atoms with Crippen LogP contribution in [0.2, 0.25) is 5.02 Å². The van der Waals surface area contributed by atoms with E-state index in [0.29, 0.717) is 0 Å². The van der Waals surface area contributed by atoms with Crippen molar-refractivity contribution < 1.29 is 5.11 Å². The number of rotatable bonds is 6. The third kappa shape index (κ3) is 3.48. The second kappa shape index (κ2) is 5.67. The van der Waals surface area contributed by atoms with Gasteiger partial charge in [0.1, 0.15) is 0 Å². The standard InChI is InChI=1S/C13H18ClNO/c14-13-4-2-1-3-12(13)10-15(7-8-16)9-11-5-6-11/h1-4,11,16H,5-10H2. The summed E-state index contributed by atoms with van der Waals surface area (Å²) in [6.45, 7) is 2.89. The van der Waals surface area contributed by atoms with Crippen LogP contribution in [-0.4, -0.2) is 29.7 Å². The minimum Gasteiger partial charge on any atom is -0.395 e. The van der Waals surface area contributed by atoms with Crippen LogP contribution in [0, 0.1) is 5.92 Å². The first-order valence-electron chi connectivity index (χ1n) is 5.86. The van der Waals surface area contributed by atoms with Gasteiger partial charge in [0.2, 0.25) is 0 Å². The highest BCUT2D eigenvalue weighted by Gasteiger charge is 2.24. The molecule has 1 saturated carbocycles. The Hall–Kier alpha value is -0.570. The summed E-state index contributed by atoms with van der Waals surface area (Å²) in [5.41, 5.74) is 1.15. The van der Waals surface area contributed by atoms with Crippen LogP contribution in [0.25, 0.3) is 0 Å². The van der Waals surface area contributed by atoms with Crippen LogP contribution in [-0.2, 0) is 6.54 Å². The molecule has 0 radical (unpaired) electrons. The summed E-state index contributed by atoms with van der Waals surface area (Å²) in [6.07, 6.45) is 2.68. The first-order valence-corrected chi connectivity index (χ1v) is 6.24. The van der Waals surface area contributed by atoms with Gasteiger partial charge in [-0.2, -0.15) is 0 Å². The van der Waals surface area contributed by atoms with E-state index in [1.54, 1.807) is 0 Å². The van der Waals surface area contributed by atoms with Gasteiger partial charge in [-0.05, 0) is 30.4 Å². The molecular weight excluding hydrogens is 222 g/mol. The zero-order valence-corrected chi connectivity index (χ0v) is 10.2. The Morgan fingerprint density at radius 2 is 2.06 bits per heavy atom. The molecular formula is C13H18ClNO. The second-order valence-corrected chi connectivity index (χ2v) is 4.90. The molecule has 0 amide bonds. The summed E-state index contributed by atoms with van der Waals surface area (Å²) < 4.78 is 0. The van der Waals surface area contributed by atoms with Gasteiger partial charge in [0.15, 0.2) is 0 Å². The minimum absolute atomic E-state index is 0.219. The number of aliphatic hydroxyl groups is 1. The molecule has 0 unspecified atom stereocenters. The van der Waals surface area contributed by atoms with Crippen LogP contribution in [0.15, 0.2) is 24.3 Å². The third-order valence-electron chi connectivity index (χ3n) is 2.98. The van der Waals surface area contributed by atoms with Gasteiger partial charge in [0.25, 0.3) is 0 Å². The highest BCUT2D eigenvalue weighted by atomic mass is 35.5. The average molecular weight is 240 g/mol. The van der Waals surface area contributed by atoms with Crippen molar-refractivity contribution in [1.29, 1.82) is 0 Å². The molecule has 1 aromatic carbocycles. The molecule has 1 N–H and O–H groups in total. The van der Waals surface area contributed by atoms with E-state index in [9.17, 15) is 0 Å². The van der Waals surface area contributed by atoms with Gasteiger partial charge >= 0.3 is 0 Å². The highest BCUT2D eigenvalue weighted by Crippen LogP contribution is 2.30. The molecule has 88 valence electrons. The maximum absolute atomic E-state index is 9.04. The van der Waals surface area contributed by atoms with Gasteiger partial charge in [0, 0.05) is 24.7 Å². The van der Waals surface area contributed by atoms with Crippen molar-refractivity contribution in [2.45, 2.75) is 19.4 Å².